The van der Waals surface area contributed by atoms with Gasteiger partial charge in [-0.25, -0.2) is 0 Å². The Kier molecular flexibility index (Phi) is 5.08. The number of carbonyl (C=O) groups excluding carboxylic acids is 1. The van der Waals surface area contributed by atoms with Crippen LogP contribution < -0.4 is 5.32 Å². The number of amides is 1. The van der Waals surface area contributed by atoms with Crippen molar-refractivity contribution in [3.63, 3.8) is 0 Å². The van der Waals surface area contributed by atoms with Gasteiger partial charge in [0.15, 0.2) is 0 Å². The van der Waals surface area contributed by atoms with Crippen molar-refractivity contribution >= 4 is 34.8 Å². The lowest BCUT2D eigenvalue weighted by Gasteiger charge is -2.29. The summed E-state index contributed by atoms with van der Waals surface area (Å²) in [7, 11) is 2.10. The highest BCUT2D eigenvalue weighted by molar-refractivity contribution is 6.43. The highest BCUT2D eigenvalue weighted by atomic mass is 35.5. The zero-order valence-corrected chi connectivity index (χ0v) is 12.5. The summed E-state index contributed by atoms with van der Waals surface area (Å²) in [6.45, 7) is 2.11. The Labute approximate surface area is 123 Å². The molecule has 1 atom stereocenters. The van der Waals surface area contributed by atoms with Crippen LogP contribution in [0.4, 0.5) is 5.69 Å². The number of rotatable bonds is 3. The first-order chi connectivity index (χ1) is 9.06. The molecule has 1 heterocycles. The predicted octanol–water partition coefficient (Wildman–Crippen LogP) is 3.66. The SMILES string of the molecule is CN1CCCC(CC(=O)Nc2cccc(Cl)c2Cl)C1. The minimum Gasteiger partial charge on any atom is -0.325 e. The number of nitrogens with zero attached hydrogens (tertiary/aromatic N) is 1. The molecule has 1 amide bonds. The van der Waals surface area contributed by atoms with Crippen molar-refractivity contribution in [2.24, 2.45) is 5.92 Å². The number of hydrogen-bond donors (Lipinski definition) is 1. The first-order valence-electron chi connectivity index (χ1n) is 6.48. The van der Waals surface area contributed by atoms with E-state index in [2.05, 4.69) is 17.3 Å². The second kappa shape index (κ2) is 6.60. The number of benzene rings is 1. The molecule has 1 aromatic rings. The van der Waals surface area contributed by atoms with Crippen LogP contribution in [0.5, 0.6) is 0 Å². The number of anilines is 1. The van der Waals surface area contributed by atoms with E-state index >= 15 is 0 Å². The van der Waals surface area contributed by atoms with E-state index in [4.69, 9.17) is 23.2 Å². The largest absolute Gasteiger partial charge is 0.325 e. The normalized spacial score (nSPS) is 20.3. The number of hydrogen-bond acceptors (Lipinski definition) is 2. The van der Waals surface area contributed by atoms with Crippen molar-refractivity contribution in [2.75, 3.05) is 25.5 Å². The summed E-state index contributed by atoms with van der Waals surface area (Å²) in [6.07, 6.45) is 2.81. The quantitative estimate of drug-likeness (QED) is 0.924. The average molecular weight is 301 g/mol. The number of likely N-dealkylation sites (tertiary alicyclic amines) is 1. The first kappa shape index (κ1) is 14.6. The third-order valence-electron chi connectivity index (χ3n) is 3.42. The Morgan fingerprint density at radius 1 is 1.47 bits per heavy atom. The van der Waals surface area contributed by atoms with Crippen LogP contribution in [0.25, 0.3) is 0 Å². The molecule has 1 aromatic carbocycles. The Morgan fingerprint density at radius 3 is 3.00 bits per heavy atom. The van der Waals surface area contributed by atoms with Crippen molar-refractivity contribution in [2.45, 2.75) is 19.3 Å². The average Bonchev–Trinajstić information content (AvgIpc) is 2.35. The van der Waals surface area contributed by atoms with Gasteiger partial charge >= 0.3 is 0 Å². The Morgan fingerprint density at radius 2 is 2.26 bits per heavy atom. The maximum atomic E-state index is 12.0. The zero-order chi connectivity index (χ0) is 13.8. The van der Waals surface area contributed by atoms with Crippen LogP contribution in [0.1, 0.15) is 19.3 Å². The molecule has 0 radical (unpaired) electrons. The van der Waals surface area contributed by atoms with Crippen LogP contribution in [0.3, 0.4) is 0 Å². The molecule has 0 spiro atoms. The van der Waals surface area contributed by atoms with E-state index < -0.39 is 0 Å². The Bertz CT molecular complexity index is 465. The summed E-state index contributed by atoms with van der Waals surface area (Å²) in [4.78, 5) is 14.3. The van der Waals surface area contributed by atoms with Crippen LogP contribution in [0, 0.1) is 5.92 Å². The van der Waals surface area contributed by atoms with Gasteiger partial charge in [-0.05, 0) is 44.5 Å². The van der Waals surface area contributed by atoms with Gasteiger partial charge in [-0.3, -0.25) is 4.79 Å². The highest BCUT2D eigenvalue weighted by Crippen LogP contribution is 2.30. The maximum Gasteiger partial charge on any atom is 0.224 e. The molecule has 0 aliphatic carbocycles. The standard InChI is InChI=1S/C14H18Cl2N2O/c1-18-7-3-4-10(9-18)8-13(19)17-12-6-2-5-11(15)14(12)16/h2,5-6,10H,3-4,7-9H2,1H3,(H,17,19). The molecule has 5 heteroatoms. The molecule has 104 valence electrons. The van der Waals surface area contributed by atoms with Gasteiger partial charge in [0.05, 0.1) is 15.7 Å². The highest BCUT2D eigenvalue weighted by Gasteiger charge is 2.20. The lowest BCUT2D eigenvalue weighted by molar-refractivity contribution is -0.117. The second-order valence-electron chi connectivity index (χ2n) is 5.12. The first-order valence-corrected chi connectivity index (χ1v) is 7.24. The minimum atomic E-state index is 0.00414. The van der Waals surface area contributed by atoms with E-state index in [1.54, 1.807) is 18.2 Å². The van der Waals surface area contributed by atoms with E-state index in [1.807, 2.05) is 0 Å². The smallest absolute Gasteiger partial charge is 0.224 e. The monoisotopic (exact) mass is 300 g/mol. The summed E-state index contributed by atoms with van der Waals surface area (Å²) in [5.74, 6) is 0.432. The molecule has 2 rings (SSSR count). The van der Waals surface area contributed by atoms with Crippen molar-refractivity contribution in [1.29, 1.82) is 0 Å². The molecular formula is C14H18Cl2N2O. The lowest BCUT2D eigenvalue weighted by atomic mass is 9.95. The molecule has 1 fully saturated rings. The molecule has 1 unspecified atom stereocenters. The van der Waals surface area contributed by atoms with Crippen LogP contribution in [-0.2, 0) is 4.79 Å². The van der Waals surface area contributed by atoms with Gasteiger partial charge in [0.25, 0.3) is 0 Å². The fourth-order valence-electron chi connectivity index (χ4n) is 2.50. The summed E-state index contributed by atoms with van der Waals surface area (Å²) in [5.41, 5.74) is 0.586. The number of carbonyl (C=O) groups is 1. The third kappa shape index (κ3) is 4.10. The molecule has 0 aromatic heterocycles. The van der Waals surface area contributed by atoms with Crippen molar-refractivity contribution in [3.8, 4) is 0 Å². The van der Waals surface area contributed by atoms with E-state index in [9.17, 15) is 4.79 Å². The lowest BCUT2D eigenvalue weighted by Crippen LogP contribution is -2.34. The van der Waals surface area contributed by atoms with Crippen molar-refractivity contribution < 1.29 is 4.79 Å². The van der Waals surface area contributed by atoms with Crippen LogP contribution in [0.15, 0.2) is 18.2 Å². The van der Waals surface area contributed by atoms with Gasteiger partial charge in [-0.2, -0.15) is 0 Å². The van der Waals surface area contributed by atoms with Crippen LogP contribution in [0.2, 0.25) is 10.0 Å². The number of halogens is 2. The molecule has 1 aliphatic rings. The topological polar surface area (TPSA) is 32.3 Å². The van der Waals surface area contributed by atoms with Crippen molar-refractivity contribution in [1.82, 2.24) is 4.90 Å². The fourth-order valence-corrected chi connectivity index (χ4v) is 2.85. The van der Waals surface area contributed by atoms with Crippen molar-refractivity contribution in [3.05, 3.63) is 28.2 Å². The summed E-state index contributed by atoms with van der Waals surface area (Å²) in [5, 5.41) is 3.70. The zero-order valence-electron chi connectivity index (χ0n) is 11.0. The van der Waals surface area contributed by atoms with Crippen LogP contribution >= 0.6 is 23.2 Å². The Hall–Kier alpha value is -0.770. The van der Waals surface area contributed by atoms with E-state index in [0.29, 0.717) is 28.1 Å². The molecule has 1 N–H and O–H groups in total. The number of piperidine rings is 1. The molecule has 0 bridgehead atoms. The van der Waals surface area contributed by atoms with Crippen LogP contribution in [-0.4, -0.2) is 30.9 Å². The third-order valence-corrected chi connectivity index (χ3v) is 4.24. The molecule has 1 aliphatic heterocycles. The maximum absolute atomic E-state index is 12.0. The number of nitrogens with one attached hydrogen (secondary N) is 1. The molecule has 19 heavy (non-hydrogen) atoms. The summed E-state index contributed by atoms with van der Waals surface area (Å²) >= 11 is 12.0. The summed E-state index contributed by atoms with van der Waals surface area (Å²) in [6, 6.07) is 5.24. The molecule has 1 saturated heterocycles. The van der Waals surface area contributed by atoms with E-state index in [1.165, 1.54) is 0 Å². The van der Waals surface area contributed by atoms with Gasteiger partial charge in [0, 0.05) is 13.0 Å². The second-order valence-corrected chi connectivity index (χ2v) is 5.91. The van der Waals surface area contributed by atoms with Gasteiger partial charge in [-0.15, -0.1) is 0 Å². The van der Waals surface area contributed by atoms with Gasteiger partial charge < -0.3 is 10.2 Å². The van der Waals surface area contributed by atoms with E-state index in [0.717, 1.165) is 25.9 Å². The molecular weight excluding hydrogens is 283 g/mol. The Balaban J connectivity index is 1.92. The van der Waals surface area contributed by atoms with E-state index in [-0.39, 0.29) is 5.91 Å². The molecule has 3 nitrogen and oxygen atoms in total. The van der Waals surface area contributed by atoms with Gasteiger partial charge in [-0.1, -0.05) is 29.3 Å². The van der Waals surface area contributed by atoms with Gasteiger partial charge in [0.1, 0.15) is 0 Å². The minimum absolute atomic E-state index is 0.00414. The predicted molar refractivity (Wildman–Crippen MR) is 79.9 cm³/mol. The summed E-state index contributed by atoms with van der Waals surface area (Å²) < 4.78 is 0. The molecule has 0 saturated carbocycles. The fraction of sp³-hybridized carbons (Fsp3) is 0.500. The van der Waals surface area contributed by atoms with Gasteiger partial charge in [0.2, 0.25) is 5.91 Å².